The molecule has 0 aliphatic carbocycles. The van der Waals surface area contributed by atoms with Gasteiger partial charge in [-0.3, -0.25) is 14.6 Å². The highest BCUT2D eigenvalue weighted by atomic mass is 35.5. The Morgan fingerprint density at radius 3 is 2.48 bits per heavy atom. The second-order valence-corrected chi connectivity index (χ2v) is 6.94. The molecule has 0 atom stereocenters. The molecule has 0 saturated heterocycles. The van der Waals surface area contributed by atoms with E-state index in [1.807, 2.05) is 30.3 Å². The highest BCUT2D eigenvalue weighted by Gasteiger charge is 2.12. The Morgan fingerprint density at radius 2 is 1.76 bits per heavy atom. The standard InChI is InChI=1S/C22H17ClN4O2/c23-17-9-7-16(8-10-17)21(28)25-13-20-18-5-1-2-6-19(18)22(29)27(26-20)14-15-4-3-11-24-12-15/h1-12H,13-14H2,(H,25,28). The van der Waals surface area contributed by atoms with Gasteiger partial charge in [-0.05, 0) is 42.0 Å². The Kier molecular flexibility index (Phi) is 5.35. The molecule has 0 aliphatic heterocycles. The summed E-state index contributed by atoms with van der Waals surface area (Å²) in [5, 5.41) is 9.22. The number of benzene rings is 2. The van der Waals surface area contributed by atoms with Crippen molar-refractivity contribution in [2.45, 2.75) is 13.1 Å². The van der Waals surface area contributed by atoms with E-state index in [9.17, 15) is 9.59 Å². The van der Waals surface area contributed by atoms with Crippen LogP contribution in [0.1, 0.15) is 21.6 Å². The van der Waals surface area contributed by atoms with Crippen LogP contribution in [-0.2, 0) is 13.1 Å². The van der Waals surface area contributed by atoms with Gasteiger partial charge in [0.25, 0.3) is 11.5 Å². The van der Waals surface area contributed by atoms with Crippen molar-refractivity contribution in [3.63, 3.8) is 0 Å². The number of hydrogen-bond donors (Lipinski definition) is 1. The molecule has 0 saturated carbocycles. The number of fused-ring (bicyclic) bond motifs is 1. The second kappa shape index (κ2) is 8.24. The molecular formula is C22H17ClN4O2. The predicted octanol–water partition coefficient (Wildman–Crippen LogP) is 3.42. The van der Waals surface area contributed by atoms with Crippen LogP contribution < -0.4 is 10.9 Å². The normalized spacial score (nSPS) is 10.8. The van der Waals surface area contributed by atoms with Crippen molar-refractivity contribution in [1.29, 1.82) is 0 Å². The maximum atomic E-state index is 12.9. The van der Waals surface area contributed by atoms with Crippen LogP contribution in [0.4, 0.5) is 0 Å². The van der Waals surface area contributed by atoms with Crippen molar-refractivity contribution in [3.8, 4) is 0 Å². The average Bonchev–Trinajstić information content (AvgIpc) is 2.76. The van der Waals surface area contributed by atoms with Crippen molar-refractivity contribution >= 4 is 28.3 Å². The molecule has 4 rings (SSSR count). The average molecular weight is 405 g/mol. The van der Waals surface area contributed by atoms with Gasteiger partial charge in [-0.25, -0.2) is 4.68 Å². The number of amides is 1. The predicted molar refractivity (Wildman–Crippen MR) is 112 cm³/mol. The van der Waals surface area contributed by atoms with E-state index in [0.717, 1.165) is 10.9 Å². The molecule has 7 heteroatoms. The lowest BCUT2D eigenvalue weighted by Gasteiger charge is -2.12. The number of halogens is 1. The fraction of sp³-hybridized carbons (Fsp3) is 0.0909. The maximum Gasteiger partial charge on any atom is 0.274 e. The molecule has 0 unspecified atom stereocenters. The zero-order valence-corrected chi connectivity index (χ0v) is 16.1. The molecule has 4 aromatic rings. The van der Waals surface area contributed by atoms with Gasteiger partial charge in [0, 0.05) is 28.4 Å². The van der Waals surface area contributed by atoms with Crippen LogP contribution in [0.2, 0.25) is 5.02 Å². The molecule has 0 spiro atoms. The first-order valence-electron chi connectivity index (χ1n) is 9.03. The van der Waals surface area contributed by atoms with Gasteiger partial charge in [0.15, 0.2) is 0 Å². The van der Waals surface area contributed by atoms with Crippen LogP contribution in [0.5, 0.6) is 0 Å². The number of nitrogens with zero attached hydrogens (tertiary/aromatic N) is 3. The van der Waals surface area contributed by atoms with Gasteiger partial charge in [0.1, 0.15) is 0 Å². The van der Waals surface area contributed by atoms with Gasteiger partial charge >= 0.3 is 0 Å². The van der Waals surface area contributed by atoms with E-state index < -0.39 is 0 Å². The molecular weight excluding hydrogens is 388 g/mol. The first-order valence-corrected chi connectivity index (χ1v) is 9.41. The van der Waals surface area contributed by atoms with Crippen molar-refractivity contribution < 1.29 is 4.79 Å². The largest absolute Gasteiger partial charge is 0.346 e. The van der Waals surface area contributed by atoms with Crippen molar-refractivity contribution in [1.82, 2.24) is 20.1 Å². The van der Waals surface area contributed by atoms with E-state index in [0.29, 0.717) is 28.2 Å². The number of pyridine rings is 1. The van der Waals surface area contributed by atoms with Crippen LogP contribution in [0.15, 0.2) is 77.9 Å². The molecule has 0 fully saturated rings. The minimum atomic E-state index is -0.238. The quantitative estimate of drug-likeness (QED) is 0.553. The smallest absolute Gasteiger partial charge is 0.274 e. The van der Waals surface area contributed by atoms with Crippen LogP contribution >= 0.6 is 11.6 Å². The van der Waals surface area contributed by atoms with E-state index in [4.69, 9.17) is 11.6 Å². The molecule has 144 valence electrons. The Morgan fingerprint density at radius 1 is 1.00 bits per heavy atom. The lowest BCUT2D eigenvalue weighted by atomic mass is 10.1. The summed E-state index contributed by atoms with van der Waals surface area (Å²) in [6.07, 6.45) is 3.38. The third-order valence-corrected chi connectivity index (χ3v) is 4.77. The summed E-state index contributed by atoms with van der Waals surface area (Å²) in [7, 11) is 0. The van der Waals surface area contributed by atoms with Gasteiger partial charge in [-0.2, -0.15) is 5.10 Å². The summed E-state index contributed by atoms with van der Waals surface area (Å²) in [6, 6.07) is 17.6. The lowest BCUT2D eigenvalue weighted by Crippen LogP contribution is -2.29. The van der Waals surface area contributed by atoms with Crippen LogP contribution in [-0.4, -0.2) is 20.7 Å². The Bertz CT molecular complexity index is 1220. The Hall–Kier alpha value is -3.51. The molecule has 1 N–H and O–H groups in total. The van der Waals surface area contributed by atoms with Gasteiger partial charge in [0.05, 0.1) is 24.2 Å². The number of rotatable bonds is 5. The van der Waals surface area contributed by atoms with Gasteiger partial charge < -0.3 is 5.32 Å². The third kappa shape index (κ3) is 4.17. The molecule has 0 radical (unpaired) electrons. The topological polar surface area (TPSA) is 76.9 Å². The van der Waals surface area contributed by atoms with Crippen molar-refractivity contribution in [2.75, 3.05) is 0 Å². The molecule has 0 bridgehead atoms. The van der Waals surface area contributed by atoms with Gasteiger partial charge in [-0.1, -0.05) is 35.9 Å². The minimum absolute atomic E-state index is 0.183. The summed E-state index contributed by atoms with van der Waals surface area (Å²) < 4.78 is 1.41. The summed E-state index contributed by atoms with van der Waals surface area (Å²) in [5.74, 6) is -0.238. The first kappa shape index (κ1) is 18.8. The van der Waals surface area contributed by atoms with E-state index in [2.05, 4.69) is 15.4 Å². The maximum absolute atomic E-state index is 12.9. The van der Waals surface area contributed by atoms with Gasteiger partial charge in [0.2, 0.25) is 0 Å². The van der Waals surface area contributed by atoms with E-state index >= 15 is 0 Å². The summed E-state index contributed by atoms with van der Waals surface area (Å²) in [6.45, 7) is 0.491. The van der Waals surface area contributed by atoms with Crippen molar-refractivity contribution in [2.24, 2.45) is 0 Å². The fourth-order valence-corrected chi connectivity index (χ4v) is 3.20. The zero-order valence-electron chi connectivity index (χ0n) is 15.4. The number of hydrogen-bond acceptors (Lipinski definition) is 4. The zero-order chi connectivity index (χ0) is 20.2. The van der Waals surface area contributed by atoms with Crippen molar-refractivity contribution in [3.05, 3.63) is 105 Å². The van der Waals surface area contributed by atoms with Crippen LogP contribution in [0.3, 0.4) is 0 Å². The molecule has 2 aromatic carbocycles. The van der Waals surface area contributed by atoms with Crippen LogP contribution in [0.25, 0.3) is 10.8 Å². The number of nitrogens with one attached hydrogen (secondary N) is 1. The van der Waals surface area contributed by atoms with Gasteiger partial charge in [-0.15, -0.1) is 0 Å². The van der Waals surface area contributed by atoms with E-state index in [1.54, 1.807) is 42.7 Å². The minimum Gasteiger partial charge on any atom is -0.346 e. The SMILES string of the molecule is O=C(NCc1nn(Cc2cccnc2)c(=O)c2ccccc12)c1ccc(Cl)cc1. The van der Waals surface area contributed by atoms with E-state index in [1.165, 1.54) is 4.68 Å². The summed E-state index contributed by atoms with van der Waals surface area (Å²) in [4.78, 5) is 29.4. The fourth-order valence-electron chi connectivity index (χ4n) is 3.07. The molecule has 1 amide bonds. The highest BCUT2D eigenvalue weighted by molar-refractivity contribution is 6.30. The second-order valence-electron chi connectivity index (χ2n) is 6.51. The third-order valence-electron chi connectivity index (χ3n) is 4.52. The molecule has 2 aromatic heterocycles. The van der Waals surface area contributed by atoms with E-state index in [-0.39, 0.29) is 18.0 Å². The monoisotopic (exact) mass is 404 g/mol. The molecule has 2 heterocycles. The molecule has 0 aliphatic rings. The number of carbonyl (C=O) groups excluding carboxylic acids is 1. The number of carbonyl (C=O) groups is 1. The molecule has 29 heavy (non-hydrogen) atoms. The Balaban J connectivity index is 1.66. The summed E-state index contributed by atoms with van der Waals surface area (Å²) in [5.41, 5.74) is 1.81. The molecule has 6 nitrogen and oxygen atoms in total. The lowest BCUT2D eigenvalue weighted by molar-refractivity contribution is 0.0950. The highest BCUT2D eigenvalue weighted by Crippen LogP contribution is 2.14. The van der Waals surface area contributed by atoms with Crippen LogP contribution in [0, 0.1) is 0 Å². The number of aromatic nitrogens is 3. The Labute approximate surface area is 171 Å². The summed E-state index contributed by atoms with van der Waals surface area (Å²) >= 11 is 5.87. The first-order chi connectivity index (χ1) is 14.1.